The summed E-state index contributed by atoms with van der Waals surface area (Å²) in [6, 6.07) is 10.4. The van der Waals surface area contributed by atoms with E-state index in [0.717, 1.165) is 18.6 Å². The lowest BCUT2D eigenvalue weighted by molar-refractivity contribution is 0.210. The molecule has 2 N–H and O–H groups in total. The molecule has 2 rings (SSSR count). The van der Waals surface area contributed by atoms with Gasteiger partial charge in [0.2, 0.25) is 0 Å². The highest BCUT2D eigenvalue weighted by Crippen LogP contribution is 2.19. The number of nitrogens with zero attached hydrogens (tertiary/aromatic N) is 2. The number of hydrogen-bond acceptors (Lipinski definition) is 3. The van der Waals surface area contributed by atoms with E-state index in [2.05, 4.69) is 55.0 Å². The summed E-state index contributed by atoms with van der Waals surface area (Å²) in [4.78, 5) is 6.82. The van der Waals surface area contributed by atoms with Gasteiger partial charge in [0.25, 0.3) is 0 Å². The second-order valence-corrected chi connectivity index (χ2v) is 6.03. The van der Waals surface area contributed by atoms with Gasteiger partial charge in [-0.1, -0.05) is 38.1 Å². The standard InChI is InChI=1S/C16H23N3/c1-16(2,11-17)12-19(3)10-14-7-4-6-13-8-5-9-18-15(13)14/h4-9H,10-12,17H2,1-3H3. The third-order valence-electron chi connectivity index (χ3n) is 3.41. The molecule has 1 heterocycles. The highest BCUT2D eigenvalue weighted by Gasteiger charge is 2.18. The van der Waals surface area contributed by atoms with Gasteiger partial charge in [-0.15, -0.1) is 0 Å². The molecule has 0 amide bonds. The zero-order valence-electron chi connectivity index (χ0n) is 12.1. The van der Waals surface area contributed by atoms with Crippen LogP contribution in [0.25, 0.3) is 10.9 Å². The number of benzene rings is 1. The molecule has 0 aliphatic rings. The van der Waals surface area contributed by atoms with E-state index in [0.29, 0.717) is 6.54 Å². The van der Waals surface area contributed by atoms with Gasteiger partial charge in [0.15, 0.2) is 0 Å². The Labute approximate surface area is 115 Å². The van der Waals surface area contributed by atoms with E-state index in [1.54, 1.807) is 0 Å². The second kappa shape index (κ2) is 5.68. The van der Waals surface area contributed by atoms with Crippen molar-refractivity contribution >= 4 is 10.9 Å². The third-order valence-corrected chi connectivity index (χ3v) is 3.41. The first-order valence-corrected chi connectivity index (χ1v) is 6.73. The number of para-hydroxylation sites is 1. The Morgan fingerprint density at radius 3 is 2.68 bits per heavy atom. The maximum Gasteiger partial charge on any atom is 0.0746 e. The molecule has 0 spiro atoms. The van der Waals surface area contributed by atoms with Gasteiger partial charge in [-0.2, -0.15) is 0 Å². The fourth-order valence-corrected chi connectivity index (χ4v) is 2.44. The molecule has 0 unspecified atom stereocenters. The van der Waals surface area contributed by atoms with Crippen LogP contribution < -0.4 is 5.73 Å². The topological polar surface area (TPSA) is 42.2 Å². The average molecular weight is 257 g/mol. The van der Waals surface area contributed by atoms with Crippen molar-refractivity contribution in [3.63, 3.8) is 0 Å². The average Bonchev–Trinajstić information content (AvgIpc) is 2.38. The number of rotatable bonds is 5. The first kappa shape index (κ1) is 14.0. The Hall–Kier alpha value is -1.45. The molecule has 0 radical (unpaired) electrons. The minimum Gasteiger partial charge on any atom is -0.330 e. The smallest absolute Gasteiger partial charge is 0.0746 e. The van der Waals surface area contributed by atoms with Crippen LogP contribution in [0.4, 0.5) is 0 Å². The molecule has 0 aliphatic heterocycles. The van der Waals surface area contributed by atoms with Gasteiger partial charge in [0.1, 0.15) is 0 Å². The SMILES string of the molecule is CN(Cc1cccc2cccnc12)CC(C)(C)CN. The molecule has 0 aliphatic carbocycles. The van der Waals surface area contributed by atoms with E-state index in [-0.39, 0.29) is 5.41 Å². The molecule has 1 aromatic carbocycles. The quantitative estimate of drug-likeness (QED) is 0.895. The highest BCUT2D eigenvalue weighted by atomic mass is 15.1. The van der Waals surface area contributed by atoms with E-state index < -0.39 is 0 Å². The molecule has 19 heavy (non-hydrogen) atoms. The summed E-state index contributed by atoms with van der Waals surface area (Å²) in [6.07, 6.45) is 1.86. The van der Waals surface area contributed by atoms with E-state index in [1.807, 2.05) is 12.3 Å². The summed E-state index contributed by atoms with van der Waals surface area (Å²) in [6.45, 7) is 6.98. The summed E-state index contributed by atoms with van der Waals surface area (Å²) in [7, 11) is 2.14. The largest absolute Gasteiger partial charge is 0.330 e. The van der Waals surface area contributed by atoms with Crippen LogP contribution in [0, 0.1) is 5.41 Å². The van der Waals surface area contributed by atoms with Crippen LogP contribution in [0.15, 0.2) is 36.5 Å². The summed E-state index contributed by atoms with van der Waals surface area (Å²) < 4.78 is 0. The van der Waals surface area contributed by atoms with Gasteiger partial charge in [0, 0.05) is 24.7 Å². The van der Waals surface area contributed by atoms with E-state index in [9.17, 15) is 0 Å². The molecule has 0 atom stereocenters. The third kappa shape index (κ3) is 3.52. The van der Waals surface area contributed by atoms with Crippen molar-refractivity contribution in [1.29, 1.82) is 0 Å². The first-order valence-electron chi connectivity index (χ1n) is 6.73. The Balaban J connectivity index is 2.17. The zero-order valence-corrected chi connectivity index (χ0v) is 12.1. The Bertz CT molecular complexity index is 543. The van der Waals surface area contributed by atoms with E-state index >= 15 is 0 Å². The van der Waals surface area contributed by atoms with Crippen molar-refractivity contribution in [2.45, 2.75) is 20.4 Å². The minimum atomic E-state index is 0.146. The van der Waals surface area contributed by atoms with Gasteiger partial charge < -0.3 is 10.6 Å². The van der Waals surface area contributed by atoms with Gasteiger partial charge in [0.05, 0.1) is 5.52 Å². The van der Waals surface area contributed by atoms with Crippen molar-refractivity contribution in [2.24, 2.45) is 11.1 Å². The first-order chi connectivity index (χ1) is 9.02. The maximum absolute atomic E-state index is 5.80. The molecule has 0 bridgehead atoms. The van der Waals surface area contributed by atoms with Crippen LogP contribution in [0.5, 0.6) is 0 Å². The molecule has 0 saturated carbocycles. The maximum atomic E-state index is 5.80. The summed E-state index contributed by atoms with van der Waals surface area (Å²) in [5, 5.41) is 1.20. The fourth-order valence-electron chi connectivity index (χ4n) is 2.44. The number of hydrogen-bond donors (Lipinski definition) is 1. The zero-order chi connectivity index (χ0) is 13.9. The van der Waals surface area contributed by atoms with Crippen molar-refractivity contribution in [2.75, 3.05) is 20.1 Å². The van der Waals surface area contributed by atoms with Crippen molar-refractivity contribution in [1.82, 2.24) is 9.88 Å². The summed E-state index contributed by atoms with van der Waals surface area (Å²) in [5.74, 6) is 0. The van der Waals surface area contributed by atoms with Gasteiger partial charge in [-0.05, 0) is 30.6 Å². The van der Waals surface area contributed by atoms with Crippen LogP contribution in [-0.4, -0.2) is 30.0 Å². The van der Waals surface area contributed by atoms with Gasteiger partial charge in [-0.3, -0.25) is 4.98 Å². The number of aromatic nitrogens is 1. The monoisotopic (exact) mass is 257 g/mol. The molecule has 0 fully saturated rings. The van der Waals surface area contributed by atoms with Crippen molar-refractivity contribution < 1.29 is 0 Å². The van der Waals surface area contributed by atoms with Crippen molar-refractivity contribution in [3.8, 4) is 0 Å². The predicted molar refractivity (Wildman–Crippen MR) is 80.9 cm³/mol. The van der Waals surface area contributed by atoms with E-state index in [1.165, 1.54) is 10.9 Å². The summed E-state index contributed by atoms with van der Waals surface area (Å²) >= 11 is 0. The highest BCUT2D eigenvalue weighted by molar-refractivity contribution is 5.81. The van der Waals surface area contributed by atoms with Crippen LogP contribution in [0.1, 0.15) is 19.4 Å². The molecule has 0 saturated heterocycles. The normalized spacial score (nSPS) is 12.3. The Morgan fingerprint density at radius 1 is 1.21 bits per heavy atom. The van der Waals surface area contributed by atoms with E-state index in [4.69, 9.17) is 5.73 Å². The Kier molecular flexibility index (Phi) is 4.17. The molecule has 1 aromatic heterocycles. The molecular weight excluding hydrogens is 234 g/mol. The minimum absolute atomic E-state index is 0.146. The van der Waals surface area contributed by atoms with Gasteiger partial charge in [-0.25, -0.2) is 0 Å². The van der Waals surface area contributed by atoms with Crippen LogP contribution in [0.3, 0.4) is 0 Å². The lowest BCUT2D eigenvalue weighted by Crippen LogP contribution is -2.36. The lowest BCUT2D eigenvalue weighted by atomic mass is 9.93. The van der Waals surface area contributed by atoms with Crippen LogP contribution >= 0.6 is 0 Å². The molecule has 2 aromatic rings. The second-order valence-electron chi connectivity index (χ2n) is 6.03. The molecule has 3 nitrogen and oxygen atoms in total. The van der Waals surface area contributed by atoms with Crippen LogP contribution in [0.2, 0.25) is 0 Å². The fraction of sp³-hybridized carbons (Fsp3) is 0.438. The summed E-state index contributed by atoms with van der Waals surface area (Å²) in [5.41, 5.74) is 8.32. The number of nitrogens with two attached hydrogens (primary N) is 1. The van der Waals surface area contributed by atoms with Gasteiger partial charge >= 0.3 is 0 Å². The van der Waals surface area contributed by atoms with Crippen molar-refractivity contribution in [3.05, 3.63) is 42.1 Å². The predicted octanol–water partition coefficient (Wildman–Crippen LogP) is 2.65. The molecular formula is C16H23N3. The Morgan fingerprint density at radius 2 is 1.95 bits per heavy atom. The lowest BCUT2D eigenvalue weighted by Gasteiger charge is -2.29. The molecule has 3 heteroatoms. The number of fused-ring (bicyclic) bond motifs is 1. The number of pyridine rings is 1. The van der Waals surface area contributed by atoms with Crippen LogP contribution in [-0.2, 0) is 6.54 Å². The molecule has 102 valence electrons.